The molecule has 3 aromatic rings. The molecular weight excluding hydrogens is 468 g/mol. The molecule has 0 spiro atoms. The van der Waals surface area contributed by atoms with Crippen LogP contribution in [0.5, 0.6) is 0 Å². The van der Waals surface area contributed by atoms with E-state index in [9.17, 15) is 19.6 Å². The van der Waals surface area contributed by atoms with Crippen molar-refractivity contribution in [1.82, 2.24) is 14.7 Å². The fraction of sp³-hybridized carbons (Fsp3) is 0.207. The summed E-state index contributed by atoms with van der Waals surface area (Å²) in [6.45, 7) is 4.98. The number of rotatable bonds is 7. The van der Waals surface area contributed by atoms with Crippen molar-refractivity contribution in [3.63, 3.8) is 0 Å². The second-order valence-electron chi connectivity index (χ2n) is 8.70. The van der Waals surface area contributed by atoms with Crippen LogP contribution < -0.4 is 0 Å². The van der Waals surface area contributed by atoms with Crippen LogP contribution in [0.2, 0.25) is 0 Å². The molecule has 1 aliphatic heterocycles. The number of para-hydroxylation sites is 1. The molecule has 1 aromatic heterocycles. The Morgan fingerprint density at radius 1 is 1.05 bits per heavy atom. The van der Waals surface area contributed by atoms with Crippen molar-refractivity contribution in [3.05, 3.63) is 88.6 Å². The van der Waals surface area contributed by atoms with Crippen molar-refractivity contribution >= 4 is 23.9 Å². The van der Waals surface area contributed by atoms with Gasteiger partial charge in [0.2, 0.25) is 0 Å². The fourth-order valence-corrected chi connectivity index (χ4v) is 4.07. The topological polar surface area (TPSA) is 105 Å². The Morgan fingerprint density at radius 3 is 2.41 bits per heavy atom. The molecule has 0 aliphatic carbocycles. The number of benzene rings is 2. The summed E-state index contributed by atoms with van der Waals surface area (Å²) >= 11 is 0. The number of amides is 2. The van der Waals surface area contributed by atoms with Crippen molar-refractivity contribution in [1.29, 1.82) is 5.26 Å². The standard InChI is InChI=1S/C29H26N4O4/c1-19-10-12-22(13-11-19)27-23(18-33(31-27)24-8-5-4-6-9-24)16-25-20(2)26(17-30)29(36)32(28(25)35)14-7-15-37-21(3)34/h4-6,8-13,16,18H,7,14-15H2,1-3H3. The number of imide groups is 1. The van der Waals surface area contributed by atoms with E-state index in [1.807, 2.05) is 73.8 Å². The van der Waals surface area contributed by atoms with Crippen LogP contribution in [-0.4, -0.2) is 45.6 Å². The molecule has 0 saturated carbocycles. The van der Waals surface area contributed by atoms with Crippen molar-refractivity contribution in [3.8, 4) is 23.0 Å². The Balaban J connectivity index is 1.80. The van der Waals surface area contributed by atoms with Gasteiger partial charge in [-0.15, -0.1) is 0 Å². The first kappa shape index (κ1) is 25.3. The molecular formula is C29H26N4O4. The molecule has 2 amide bonds. The first-order chi connectivity index (χ1) is 17.8. The van der Waals surface area contributed by atoms with E-state index in [4.69, 9.17) is 9.84 Å². The molecule has 0 unspecified atom stereocenters. The smallest absolute Gasteiger partial charge is 0.302 e. The number of aryl methyl sites for hydroxylation is 1. The summed E-state index contributed by atoms with van der Waals surface area (Å²) < 4.78 is 6.66. The quantitative estimate of drug-likeness (QED) is 0.209. The Morgan fingerprint density at radius 2 is 1.76 bits per heavy atom. The fourth-order valence-electron chi connectivity index (χ4n) is 4.07. The van der Waals surface area contributed by atoms with E-state index in [-0.39, 0.29) is 30.7 Å². The highest BCUT2D eigenvalue weighted by Crippen LogP contribution is 2.31. The van der Waals surface area contributed by atoms with Gasteiger partial charge in [0.1, 0.15) is 11.6 Å². The molecule has 2 aromatic carbocycles. The zero-order valence-corrected chi connectivity index (χ0v) is 20.9. The third kappa shape index (κ3) is 5.41. The SMILES string of the molecule is CC(=O)OCCCN1C(=O)C(=Cc2cn(-c3ccccc3)nc2-c2ccc(C)cc2)C(C)=C(C#N)C1=O. The highest BCUT2D eigenvalue weighted by molar-refractivity contribution is 6.19. The van der Waals surface area contributed by atoms with Gasteiger partial charge in [0, 0.05) is 36.4 Å². The Bertz CT molecular complexity index is 1460. The van der Waals surface area contributed by atoms with Gasteiger partial charge in [-0.2, -0.15) is 10.4 Å². The number of aromatic nitrogens is 2. The first-order valence-electron chi connectivity index (χ1n) is 11.8. The molecule has 0 bridgehead atoms. The zero-order chi connectivity index (χ0) is 26.5. The van der Waals surface area contributed by atoms with Gasteiger partial charge >= 0.3 is 5.97 Å². The second-order valence-corrected chi connectivity index (χ2v) is 8.70. The lowest BCUT2D eigenvalue weighted by molar-refractivity contribution is -0.141. The largest absolute Gasteiger partial charge is 0.466 e. The number of ether oxygens (including phenoxy) is 1. The molecule has 0 fully saturated rings. The number of nitrogens with zero attached hydrogens (tertiary/aromatic N) is 4. The summed E-state index contributed by atoms with van der Waals surface area (Å²) in [5, 5.41) is 14.5. The first-order valence-corrected chi connectivity index (χ1v) is 11.8. The third-order valence-electron chi connectivity index (χ3n) is 6.04. The minimum atomic E-state index is -0.649. The van der Waals surface area contributed by atoms with Gasteiger partial charge in [0.15, 0.2) is 0 Å². The summed E-state index contributed by atoms with van der Waals surface area (Å²) in [7, 11) is 0. The number of nitriles is 1. The highest BCUT2D eigenvalue weighted by Gasteiger charge is 2.35. The molecule has 2 heterocycles. The molecule has 0 saturated heterocycles. The molecule has 186 valence electrons. The number of carbonyl (C=O) groups excluding carboxylic acids is 3. The lowest BCUT2D eigenvalue weighted by Gasteiger charge is -2.27. The molecule has 0 radical (unpaired) electrons. The van der Waals surface area contributed by atoms with E-state index in [1.165, 1.54) is 6.92 Å². The predicted molar refractivity (Wildman–Crippen MR) is 138 cm³/mol. The number of esters is 1. The maximum Gasteiger partial charge on any atom is 0.302 e. The minimum Gasteiger partial charge on any atom is -0.466 e. The van der Waals surface area contributed by atoms with Crippen LogP contribution in [0.1, 0.15) is 31.4 Å². The van der Waals surface area contributed by atoms with Crippen molar-refractivity contribution < 1.29 is 19.1 Å². The molecule has 4 rings (SSSR count). The summed E-state index contributed by atoms with van der Waals surface area (Å²) in [4.78, 5) is 38.4. The van der Waals surface area contributed by atoms with Crippen molar-refractivity contribution in [2.75, 3.05) is 13.2 Å². The van der Waals surface area contributed by atoms with E-state index in [2.05, 4.69) is 0 Å². The van der Waals surface area contributed by atoms with Gasteiger partial charge < -0.3 is 4.74 Å². The van der Waals surface area contributed by atoms with E-state index in [0.717, 1.165) is 21.7 Å². The maximum atomic E-state index is 13.5. The van der Waals surface area contributed by atoms with Gasteiger partial charge in [-0.05, 0) is 44.1 Å². The van der Waals surface area contributed by atoms with E-state index in [1.54, 1.807) is 17.7 Å². The number of carbonyl (C=O) groups is 3. The van der Waals surface area contributed by atoms with Crippen molar-refractivity contribution in [2.45, 2.75) is 27.2 Å². The Hall–Kier alpha value is -4.77. The van der Waals surface area contributed by atoms with Gasteiger partial charge in [0.25, 0.3) is 11.8 Å². The van der Waals surface area contributed by atoms with Crippen LogP contribution in [0, 0.1) is 18.3 Å². The maximum absolute atomic E-state index is 13.5. The van der Waals surface area contributed by atoms with E-state index in [0.29, 0.717) is 16.8 Å². The van der Waals surface area contributed by atoms with Gasteiger partial charge in [-0.3, -0.25) is 19.3 Å². The van der Waals surface area contributed by atoms with Gasteiger partial charge in [0.05, 0.1) is 18.0 Å². The van der Waals surface area contributed by atoms with Gasteiger partial charge in [-0.25, -0.2) is 4.68 Å². The average Bonchev–Trinajstić information content (AvgIpc) is 3.31. The van der Waals surface area contributed by atoms with Crippen LogP contribution in [0.4, 0.5) is 0 Å². The van der Waals surface area contributed by atoms with Crippen LogP contribution in [0.25, 0.3) is 23.0 Å². The molecule has 1 aliphatic rings. The molecule has 8 heteroatoms. The molecule has 0 N–H and O–H groups in total. The predicted octanol–water partition coefficient (Wildman–Crippen LogP) is 4.39. The van der Waals surface area contributed by atoms with Crippen molar-refractivity contribution in [2.24, 2.45) is 0 Å². The van der Waals surface area contributed by atoms with Crippen LogP contribution in [-0.2, 0) is 19.1 Å². The number of hydrogen-bond acceptors (Lipinski definition) is 6. The minimum absolute atomic E-state index is 0.0227. The van der Waals surface area contributed by atoms with E-state index < -0.39 is 17.8 Å². The zero-order valence-electron chi connectivity index (χ0n) is 20.9. The highest BCUT2D eigenvalue weighted by atomic mass is 16.5. The van der Waals surface area contributed by atoms with Gasteiger partial charge in [-0.1, -0.05) is 48.0 Å². The van der Waals surface area contributed by atoms with E-state index >= 15 is 0 Å². The lowest BCUT2D eigenvalue weighted by atomic mass is 9.93. The normalized spacial score (nSPS) is 14.8. The average molecular weight is 495 g/mol. The monoisotopic (exact) mass is 494 g/mol. The summed E-state index contributed by atoms with van der Waals surface area (Å²) in [5.41, 5.74) is 4.62. The summed E-state index contributed by atoms with van der Waals surface area (Å²) in [6, 6.07) is 19.5. The molecule has 8 nitrogen and oxygen atoms in total. The molecule has 37 heavy (non-hydrogen) atoms. The van der Waals surface area contributed by atoms with Crippen LogP contribution >= 0.6 is 0 Å². The lowest BCUT2D eigenvalue weighted by Crippen LogP contribution is -2.43. The number of hydrogen-bond donors (Lipinski definition) is 0. The summed E-state index contributed by atoms with van der Waals surface area (Å²) in [5.74, 6) is -1.60. The molecule has 0 atom stereocenters. The summed E-state index contributed by atoms with van der Waals surface area (Å²) in [6.07, 6.45) is 3.77. The van der Waals surface area contributed by atoms with Crippen LogP contribution in [0.15, 0.2) is 77.5 Å². The Kier molecular flexibility index (Phi) is 7.44. The second kappa shape index (κ2) is 10.9. The third-order valence-corrected chi connectivity index (χ3v) is 6.04. The van der Waals surface area contributed by atoms with Crippen LogP contribution in [0.3, 0.4) is 0 Å². The Labute approximate surface area is 215 Å².